The van der Waals surface area contributed by atoms with Gasteiger partial charge in [0.25, 0.3) is 0 Å². The number of benzene rings is 1. The molecule has 1 saturated heterocycles. The maximum atomic E-state index is 13.8. The molecular formula is C12H15BrFN. The lowest BCUT2D eigenvalue weighted by Crippen LogP contribution is -2.12. The van der Waals surface area contributed by atoms with Gasteiger partial charge in [-0.15, -0.1) is 0 Å². The molecule has 0 saturated carbocycles. The highest BCUT2D eigenvalue weighted by atomic mass is 79.9. The average molecular weight is 272 g/mol. The predicted molar refractivity (Wildman–Crippen MR) is 63.5 cm³/mol. The highest BCUT2D eigenvalue weighted by Crippen LogP contribution is 2.25. The van der Waals surface area contributed by atoms with Crippen LogP contribution >= 0.6 is 15.9 Å². The SMILES string of the molecule is Cc1ccc(Br)c(F)c1CC1CCNC1. The van der Waals surface area contributed by atoms with Gasteiger partial charge in [0.1, 0.15) is 5.82 Å². The molecule has 0 radical (unpaired) electrons. The second kappa shape index (κ2) is 4.62. The normalized spacial score (nSPS) is 20.9. The molecule has 1 N–H and O–H groups in total. The van der Waals surface area contributed by atoms with Gasteiger partial charge in [0.15, 0.2) is 0 Å². The molecule has 1 aromatic carbocycles. The van der Waals surface area contributed by atoms with E-state index in [0.717, 1.165) is 37.1 Å². The van der Waals surface area contributed by atoms with Crippen molar-refractivity contribution in [3.05, 3.63) is 33.5 Å². The number of nitrogens with one attached hydrogen (secondary N) is 1. The van der Waals surface area contributed by atoms with Crippen LogP contribution in [0.1, 0.15) is 17.5 Å². The summed E-state index contributed by atoms with van der Waals surface area (Å²) in [6.45, 7) is 4.07. The minimum absolute atomic E-state index is 0.0816. The fourth-order valence-corrected chi connectivity index (χ4v) is 2.49. The topological polar surface area (TPSA) is 12.0 Å². The van der Waals surface area contributed by atoms with Crippen molar-refractivity contribution in [3.8, 4) is 0 Å². The molecule has 1 heterocycles. The Morgan fingerprint density at radius 3 is 3.00 bits per heavy atom. The predicted octanol–water partition coefficient (Wildman–Crippen LogP) is 3.05. The summed E-state index contributed by atoms with van der Waals surface area (Å²) in [6, 6.07) is 3.76. The fourth-order valence-electron chi connectivity index (χ4n) is 2.12. The van der Waals surface area contributed by atoms with Gasteiger partial charge in [0, 0.05) is 0 Å². The van der Waals surface area contributed by atoms with Gasteiger partial charge >= 0.3 is 0 Å². The van der Waals surface area contributed by atoms with Crippen LogP contribution in [0, 0.1) is 18.7 Å². The van der Waals surface area contributed by atoms with Crippen LogP contribution in [0.4, 0.5) is 4.39 Å². The van der Waals surface area contributed by atoms with Crippen molar-refractivity contribution in [1.82, 2.24) is 5.32 Å². The zero-order chi connectivity index (χ0) is 10.8. The number of hydrogen-bond acceptors (Lipinski definition) is 1. The van der Waals surface area contributed by atoms with E-state index in [1.54, 1.807) is 6.07 Å². The summed E-state index contributed by atoms with van der Waals surface area (Å²) >= 11 is 3.24. The molecule has 15 heavy (non-hydrogen) atoms. The molecule has 1 unspecified atom stereocenters. The van der Waals surface area contributed by atoms with E-state index in [1.807, 2.05) is 13.0 Å². The molecule has 1 atom stereocenters. The van der Waals surface area contributed by atoms with Crippen LogP contribution < -0.4 is 5.32 Å². The summed E-state index contributed by atoms with van der Waals surface area (Å²) in [5.41, 5.74) is 1.93. The molecule has 2 rings (SSSR count). The first-order chi connectivity index (χ1) is 7.18. The van der Waals surface area contributed by atoms with Crippen LogP contribution in [0.2, 0.25) is 0 Å². The van der Waals surface area contributed by atoms with Gasteiger partial charge in [-0.1, -0.05) is 6.07 Å². The van der Waals surface area contributed by atoms with Crippen molar-refractivity contribution in [2.75, 3.05) is 13.1 Å². The van der Waals surface area contributed by atoms with E-state index in [1.165, 1.54) is 0 Å². The van der Waals surface area contributed by atoms with Crippen molar-refractivity contribution in [2.24, 2.45) is 5.92 Å². The second-order valence-corrected chi connectivity index (χ2v) is 5.07. The molecule has 3 heteroatoms. The van der Waals surface area contributed by atoms with E-state index in [0.29, 0.717) is 10.4 Å². The van der Waals surface area contributed by atoms with Crippen LogP contribution in [0.3, 0.4) is 0 Å². The van der Waals surface area contributed by atoms with E-state index >= 15 is 0 Å². The summed E-state index contributed by atoms with van der Waals surface area (Å²) in [4.78, 5) is 0. The first-order valence-electron chi connectivity index (χ1n) is 5.32. The third-order valence-electron chi connectivity index (χ3n) is 3.09. The Morgan fingerprint density at radius 1 is 1.53 bits per heavy atom. The van der Waals surface area contributed by atoms with E-state index in [4.69, 9.17) is 0 Å². The van der Waals surface area contributed by atoms with Crippen molar-refractivity contribution >= 4 is 15.9 Å². The quantitative estimate of drug-likeness (QED) is 0.872. The first kappa shape index (κ1) is 11.1. The van der Waals surface area contributed by atoms with E-state index in [2.05, 4.69) is 21.2 Å². The first-order valence-corrected chi connectivity index (χ1v) is 6.12. The second-order valence-electron chi connectivity index (χ2n) is 4.22. The molecule has 82 valence electrons. The van der Waals surface area contributed by atoms with Gasteiger partial charge in [0.05, 0.1) is 4.47 Å². The molecule has 1 aliphatic heterocycles. The van der Waals surface area contributed by atoms with Crippen molar-refractivity contribution < 1.29 is 4.39 Å². The lowest BCUT2D eigenvalue weighted by atomic mass is 9.95. The summed E-state index contributed by atoms with van der Waals surface area (Å²) in [7, 11) is 0. The Morgan fingerprint density at radius 2 is 2.33 bits per heavy atom. The summed E-state index contributed by atoms with van der Waals surface area (Å²) in [5, 5.41) is 3.31. The average Bonchev–Trinajstić information content (AvgIpc) is 2.71. The Balaban J connectivity index is 2.22. The number of hydrogen-bond donors (Lipinski definition) is 1. The maximum Gasteiger partial charge on any atom is 0.140 e. The minimum atomic E-state index is -0.0816. The zero-order valence-electron chi connectivity index (χ0n) is 8.82. The van der Waals surface area contributed by atoms with Gasteiger partial charge in [-0.2, -0.15) is 0 Å². The standard InChI is InChI=1S/C12H15BrFN/c1-8-2-3-11(13)12(14)10(8)6-9-4-5-15-7-9/h2-3,9,15H,4-7H2,1H3. The number of aryl methyl sites for hydroxylation is 1. The smallest absolute Gasteiger partial charge is 0.140 e. The molecule has 0 amide bonds. The Hall–Kier alpha value is -0.410. The molecular weight excluding hydrogens is 257 g/mol. The molecule has 0 aromatic heterocycles. The Kier molecular flexibility index (Phi) is 3.42. The number of rotatable bonds is 2. The third-order valence-corrected chi connectivity index (χ3v) is 3.70. The van der Waals surface area contributed by atoms with Crippen molar-refractivity contribution in [3.63, 3.8) is 0 Å². The Labute approximate surface area is 98.2 Å². The summed E-state index contributed by atoms with van der Waals surface area (Å²) in [6.07, 6.45) is 2.01. The van der Waals surface area contributed by atoms with Crippen molar-refractivity contribution in [1.29, 1.82) is 0 Å². The van der Waals surface area contributed by atoms with Gasteiger partial charge in [0.2, 0.25) is 0 Å². The third kappa shape index (κ3) is 2.40. The van der Waals surface area contributed by atoms with Crippen LogP contribution in [0.25, 0.3) is 0 Å². The number of halogens is 2. The minimum Gasteiger partial charge on any atom is -0.316 e. The monoisotopic (exact) mass is 271 g/mol. The van der Waals surface area contributed by atoms with Gasteiger partial charge < -0.3 is 5.32 Å². The van der Waals surface area contributed by atoms with E-state index < -0.39 is 0 Å². The van der Waals surface area contributed by atoms with Gasteiger partial charge in [-0.3, -0.25) is 0 Å². The molecule has 1 aliphatic rings. The fraction of sp³-hybridized carbons (Fsp3) is 0.500. The van der Waals surface area contributed by atoms with E-state index in [9.17, 15) is 4.39 Å². The van der Waals surface area contributed by atoms with Crippen LogP contribution in [-0.4, -0.2) is 13.1 Å². The highest BCUT2D eigenvalue weighted by Gasteiger charge is 2.18. The summed E-state index contributed by atoms with van der Waals surface area (Å²) in [5.74, 6) is 0.509. The van der Waals surface area contributed by atoms with Crippen molar-refractivity contribution in [2.45, 2.75) is 19.8 Å². The largest absolute Gasteiger partial charge is 0.316 e. The van der Waals surface area contributed by atoms with Crippen LogP contribution in [-0.2, 0) is 6.42 Å². The molecule has 1 nitrogen and oxygen atoms in total. The summed E-state index contributed by atoms with van der Waals surface area (Å²) < 4.78 is 14.4. The molecule has 1 aromatic rings. The Bertz CT molecular complexity index is 359. The lowest BCUT2D eigenvalue weighted by molar-refractivity contribution is 0.539. The van der Waals surface area contributed by atoms with Gasteiger partial charge in [-0.05, 0) is 71.9 Å². The van der Waals surface area contributed by atoms with E-state index in [-0.39, 0.29) is 5.82 Å². The maximum absolute atomic E-state index is 13.8. The van der Waals surface area contributed by atoms with Gasteiger partial charge in [-0.25, -0.2) is 4.39 Å². The van der Waals surface area contributed by atoms with Crippen LogP contribution in [0.5, 0.6) is 0 Å². The zero-order valence-corrected chi connectivity index (χ0v) is 10.4. The lowest BCUT2D eigenvalue weighted by Gasteiger charge is -2.12. The molecule has 1 fully saturated rings. The molecule has 0 bridgehead atoms. The highest BCUT2D eigenvalue weighted by molar-refractivity contribution is 9.10. The van der Waals surface area contributed by atoms with Crippen LogP contribution in [0.15, 0.2) is 16.6 Å². The molecule has 0 spiro atoms. The molecule has 0 aliphatic carbocycles.